The third kappa shape index (κ3) is 7.19. The molecule has 3 aromatic rings. The van der Waals surface area contributed by atoms with E-state index in [9.17, 15) is 4.79 Å². The fourth-order valence-electron chi connectivity index (χ4n) is 4.53. The van der Waals surface area contributed by atoms with Crippen LogP contribution in [0.1, 0.15) is 6.42 Å². The van der Waals surface area contributed by atoms with Gasteiger partial charge in [0.25, 0.3) is 0 Å². The molecule has 0 aliphatic carbocycles. The van der Waals surface area contributed by atoms with Crippen LogP contribution in [-0.2, 0) is 9.53 Å². The quantitative estimate of drug-likeness (QED) is 0.300. The molecule has 0 unspecified atom stereocenters. The zero-order valence-electron chi connectivity index (χ0n) is 23.3. The molecule has 212 valence electrons. The van der Waals surface area contributed by atoms with Gasteiger partial charge in [-0.05, 0) is 24.6 Å². The van der Waals surface area contributed by atoms with Gasteiger partial charge in [-0.3, -0.25) is 9.69 Å². The van der Waals surface area contributed by atoms with Crippen LogP contribution in [0.25, 0.3) is 0 Å². The van der Waals surface area contributed by atoms with Crippen LogP contribution in [0.15, 0.2) is 61.3 Å². The molecule has 11 heteroatoms. The number of hydrogen-bond acceptors (Lipinski definition) is 10. The average molecular weight is 549 g/mol. The van der Waals surface area contributed by atoms with Gasteiger partial charge in [0, 0.05) is 76.0 Å². The molecule has 0 radical (unpaired) electrons. The van der Waals surface area contributed by atoms with Crippen molar-refractivity contribution in [2.45, 2.75) is 12.5 Å². The van der Waals surface area contributed by atoms with Crippen molar-refractivity contribution in [1.82, 2.24) is 14.9 Å². The first-order chi connectivity index (χ1) is 19.4. The van der Waals surface area contributed by atoms with Gasteiger partial charge in [-0.2, -0.15) is 4.98 Å². The van der Waals surface area contributed by atoms with E-state index in [-0.39, 0.29) is 5.91 Å². The highest BCUT2D eigenvalue weighted by atomic mass is 16.5. The predicted octanol–water partition coefficient (Wildman–Crippen LogP) is 4.31. The summed E-state index contributed by atoms with van der Waals surface area (Å²) in [4.78, 5) is 25.1. The molecular formula is C29H36N6O5. The summed E-state index contributed by atoms with van der Waals surface area (Å²) in [7, 11) is 7.08. The summed E-state index contributed by atoms with van der Waals surface area (Å²) in [5.41, 5.74) is 2.16. The zero-order chi connectivity index (χ0) is 28.5. The third-order valence-corrected chi connectivity index (χ3v) is 6.67. The molecule has 1 aromatic heterocycles. The monoisotopic (exact) mass is 548 g/mol. The Kier molecular flexibility index (Phi) is 9.76. The highest BCUT2D eigenvalue weighted by molar-refractivity contribution is 5.98. The average Bonchev–Trinajstić information content (AvgIpc) is 3.45. The van der Waals surface area contributed by atoms with Crippen LogP contribution >= 0.6 is 0 Å². The van der Waals surface area contributed by atoms with Crippen LogP contribution < -0.4 is 29.7 Å². The van der Waals surface area contributed by atoms with Crippen molar-refractivity contribution < 1.29 is 23.7 Å². The van der Waals surface area contributed by atoms with Gasteiger partial charge in [-0.15, -0.1) is 0 Å². The fourth-order valence-corrected chi connectivity index (χ4v) is 4.53. The summed E-state index contributed by atoms with van der Waals surface area (Å²) >= 11 is 0. The SMILES string of the molecule is C=CC(=O)Nc1cccc(Oc2ccnc(Nc3cc(OC)c(N(C)[C@H]4CCN(CCOC)C4)cc3OC)n2)c1. The van der Waals surface area contributed by atoms with Gasteiger partial charge in [0.15, 0.2) is 0 Å². The summed E-state index contributed by atoms with van der Waals surface area (Å²) in [5, 5.41) is 5.93. The molecule has 1 saturated heterocycles. The lowest BCUT2D eigenvalue weighted by atomic mass is 10.1. The molecule has 4 rings (SSSR count). The molecule has 1 amide bonds. The van der Waals surface area contributed by atoms with E-state index in [1.165, 1.54) is 6.08 Å². The van der Waals surface area contributed by atoms with Crippen LogP contribution in [0.2, 0.25) is 0 Å². The summed E-state index contributed by atoms with van der Waals surface area (Å²) < 4.78 is 22.6. The standard InChI is InChI=1S/C29H36N6O5/c1-6-27(36)31-20-8-7-9-22(16-20)40-28-10-12-30-29(33-28)32-23-17-26(39-5)24(18-25(23)38-4)34(2)21-11-13-35(19-21)14-15-37-3/h6-10,12,16-18,21H,1,11,13-15,19H2,2-5H3,(H,31,36)(H,30,32,33)/t21-/m0/s1. The van der Waals surface area contributed by atoms with Gasteiger partial charge >= 0.3 is 0 Å². The largest absolute Gasteiger partial charge is 0.494 e. The van der Waals surface area contributed by atoms with Crippen molar-refractivity contribution in [2.75, 3.05) is 70.2 Å². The number of ether oxygens (including phenoxy) is 4. The van der Waals surface area contributed by atoms with E-state index in [1.807, 2.05) is 12.1 Å². The van der Waals surface area contributed by atoms with Crippen LogP contribution in [0.5, 0.6) is 23.1 Å². The maximum Gasteiger partial charge on any atom is 0.247 e. The molecule has 1 aliphatic rings. The van der Waals surface area contributed by atoms with E-state index in [4.69, 9.17) is 18.9 Å². The number of benzene rings is 2. The van der Waals surface area contributed by atoms with E-state index < -0.39 is 0 Å². The van der Waals surface area contributed by atoms with Gasteiger partial charge in [0.2, 0.25) is 17.7 Å². The molecule has 1 atom stereocenters. The summed E-state index contributed by atoms with van der Waals surface area (Å²) in [6, 6.07) is 12.8. The smallest absolute Gasteiger partial charge is 0.247 e. The number of likely N-dealkylation sites (tertiary alicyclic amines) is 1. The molecule has 2 heterocycles. The number of amides is 1. The minimum atomic E-state index is -0.306. The number of hydrogen-bond donors (Lipinski definition) is 2. The Morgan fingerprint density at radius 2 is 2.00 bits per heavy atom. The van der Waals surface area contributed by atoms with Crippen molar-refractivity contribution in [3.05, 3.63) is 61.3 Å². The van der Waals surface area contributed by atoms with Gasteiger partial charge in [0.1, 0.15) is 17.2 Å². The normalized spacial score (nSPS) is 14.8. The highest BCUT2D eigenvalue weighted by Gasteiger charge is 2.28. The minimum Gasteiger partial charge on any atom is -0.494 e. The van der Waals surface area contributed by atoms with Gasteiger partial charge < -0.3 is 34.5 Å². The summed E-state index contributed by atoms with van der Waals surface area (Å²) in [6.07, 6.45) is 3.85. The molecular weight excluding hydrogens is 512 g/mol. The first-order valence-corrected chi connectivity index (χ1v) is 13.0. The number of nitrogens with zero attached hydrogens (tertiary/aromatic N) is 4. The van der Waals surface area contributed by atoms with Crippen molar-refractivity contribution >= 4 is 28.9 Å². The number of methoxy groups -OCH3 is 3. The topological polar surface area (TPSA) is 110 Å². The Morgan fingerprint density at radius 3 is 2.75 bits per heavy atom. The van der Waals surface area contributed by atoms with E-state index in [1.54, 1.807) is 57.9 Å². The van der Waals surface area contributed by atoms with Crippen molar-refractivity contribution in [2.24, 2.45) is 0 Å². The Bertz CT molecular complexity index is 1320. The Balaban J connectivity index is 1.50. The Morgan fingerprint density at radius 1 is 1.18 bits per heavy atom. The first-order valence-electron chi connectivity index (χ1n) is 13.0. The molecule has 0 bridgehead atoms. The van der Waals surface area contributed by atoms with Gasteiger partial charge in [-0.25, -0.2) is 4.98 Å². The minimum absolute atomic E-state index is 0.306. The van der Waals surface area contributed by atoms with E-state index in [0.29, 0.717) is 46.5 Å². The molecule has 1 aliphatic heterocycles. The predicted molar refractivity (Wildman–Crippen MR) is 155 cm³/mol. The number of carbonyl (C=O) groups is 1. The number of nitrogens with one attached hydrogen (secondary N) is 2. The lowest BCUT2D eigenvalue weighted by molar-refractivity contribution is -0.111. The highest BCUT2D eigenvalue weighted by Crippen LogP contribution is 2.40. The Labute approximate surface area is 234 Å². The van der Waals surface area contributed by atoms with Crippen molar-refractivity contribution in [3.8, 4) is 23.1 Å². The molecule has 1 fully saturated rings. The lowest BCUT2D eigenvalue weighted by Crippen LogP contribution is -2.35. The van der Waals surface area contributed by atoms with Crippen LogP contribution in [0, 0.1) is 0 Å². The maximum absolute atomic E-state index is 11.6. The second-order valence-electron chi connectivity index (χ2n) is 9.24. The van der Waals surface area contributed by atoms with E-state index in [2.05, 4.69) is 44.0 Å². The molecule has 0 spiro atoms. The molecule has 0 saturated carbocycles. The number of rotatable bonds is 13. The van der Waals surface area contributed by atoms with E-state index in [0.717, 1.165) is 38.3 Å². The van der Waals surface area contributed by atoms with Gasteiger partial charge in [0.05, 0.1) is 32.2 Å². The second-order valence-corrected chi connectivity index (χ2v) is 9.24. The molecule has 11 nitrogen and oxygen atoms in total. The number of aromatic nitrogens is 2. The van der Waals surface area contributed by atoms with Crippen molar-refractivity contribution in [3.63, 3.8) is 0 Å². The zero-order valence-corrected chi connectivity index (χ0v) is 23.3. The second kappa shape index (κ2) is 13.6. The van der Waals surface area contributed by atoms with Crippen LogP contribution in [0.4, 0.5) is 23.0 Å². The van der Waals surface area contributed by atoms with Gasteiger partial charge in [-0.1, -0.05) is 12.6 Å². The molecule has 2 aromatic carbocycles. The number of likely N-dealkylation sites (N-methyl/N-ethyl adjacent to an activating group) is 1. The summed E-state index contributed by atoms with van der Waals surface area (Å²) in [6.45, 7) is 7.09. The maximum atomic E-state index is 11.6. The number of anilines is 4. The number of carbonyl (C=O) groups excluding carboxylic acids is 1. The Hall–Kier alpha value is -4.35. The van der Waals surface area contributed by atoms with Crippen molar-refractivity contribution in [1.29, 1.82) is 0 Å². The first kappa shape index (κ1) is 28.7. The summed E-state index contributed by atoms with van der Waals surface area (Å²) in [5.74, 6) is 2.17. The third-order valence-electron chi connectivity index (χ3n) is 6.67. The molecule has 40 heavy (non-hydrogen) atoms. The fraction of sp³-hybridized carbons (Fsp3) is 0.345. The van der Waals surface area contributed by atoms with Crippen LogP contribution in [-0.4, -0.2) is 81.4 Å². The lowest BCUT2D eigenvalue weighted by Gasteiger charge is -2.29. The van der Waals surface area contributed by atoms with E-state index >= 15 is 0 Å². The molecule has 2 N–H and O–H groups in total. The van der Waals surface area contributed by atoms with Crippen LogP contribution in [0.3, 0.4) is 0 Å².